The molecule has 1 heterocycles. The third-order valence-electron chi connectivity index (χ3n) is 2.54. The Balaban J connectivity index is 2.19. The Morgan fingerprint density at radius 1 is 1.24 bits per heavy atom. The minimum atomic E-state index is 0.650. The Morgan fingerprint density at radius 2 is 1.94 bits per heavy atom. The van der Waals surface area contributed by atoms with Crippen molar-refractivity contribution in [3.05, 3.63) is 52.1 Å². The number of ether oxygens (including phenoxy) is 1. The maximum absolute atomic E-state index is 5.73. The topological polar surface area (TPSA) is 22.1 Å². The molecule has 0 spiro atoms. The van der Waals surface area contributed by atoms with Crippen LogP contribution in [0.5, 0.6) is 11.6 Å². The van der Waals surface area contributed by atoms with E-state index in [4.69, 9.17) is 4.74 Å². The third-order valence-corrected chi connectivity index (χ3v) is 2.98. The van der Waals surface area contributed by atoms with Crippen LogP contribution in [-0.4, -0.2) is 4.98 Å². The van der Waals surface area contributed by atoms with Gasteiger partial charge in [-0.2, -0.15) is 0 Å². The highest BCUT2D eigenvalue weighted by molar-refractivity contribution is 9.10. The van der Waals surface area contributed by atoms with Crippen molar-refractivity contribution in [2.24, 2.45) is 0 Å². The summed E-state index contributed by atoms with van der Waals surface area (Å²) in [5.74, 6) is 1.47. The fourth-order valence-electron chi connectivity index (χ4n) is 1.54. The minimum absolute atomic E-state index is 0.650. The van der Waals surface area contributed by atoms with Gasteiger partial charge in [0.1, 0.15) is 5.75 Å². The van der Waals surface area contributed by atoms with E-state index >= 15 is 0 Å². The highest BCUT2D eigenvalue weighted by Crippen LogP contribution is 2.24. The molecular weight excluding hydrogens is 278 g/mol. The van der Waals surface area contributed by atoms with Crippen LogP contribution in [0.1, 0.15) is 18.1 Å². The second-order valence-electron chi connectivity index (χ2n) is 3.88. The number of hydrogen-bond donors (Lipinski definition) is 0. The zero-order valence-electron chi connectivity index (χ0n) is 9.90. The van der Waals surface area contributed by atoms with Crippen molar-refractivity contribution in [3.8, 4) is 11.6 Å². The second-order valence-corrected chi connectivity index (χ2v) is 4.79. The lowest BCUT2D eigenvalue weighted by molar-refractivity contribution is 0.458. The molecule has 0 aliphatic rings. The van der Waals surface area contributed by atoms with E-state index < -0.39 is 0 Å². The number of nitrogens with zero attached hydrogens (tertiary/aromatic N) is 1. The van der Waals surface area contributed by atoms with Crippen LogP contribution in [-0.2, 0) is 6.42 Å². The van der Waals surface area contributed by atoms with Gasteiger partial charge >= 0.3 is 0 Å². The summed E-state index contributed by atoms with van der Waals surface area (Å²) in [6.45, 7) is 4.11. The average Bonchev–Trinajstić information content (AvgIpc) is 2.34. The van der Waals surface area contributed by atoms with Gasteiger partial charge in [0.25, 0.3) is 0 Å². The quantitative estimate of drug-likeness (QED) is 0.830. The van der Waals surface area contributed by atoms with Crippen LogP contribution in [0, 0.1) is 6.92 Å². The molecule has 3 heteroatoms. The van der Waals surface area contributed by atoms with E-state index in [2.05, 4.69) is 40.0 Å². The standard InChI is InChI=1S/C14H14BrNO/c1-3-11-4-6-13(7-5-11)17-14-10(2)8-12(15)9-16-14/h4-9H,3H2,1-2H3. The second kappa shape index (κ2) is 5.32. The lowest BCUT2D eigenvalue weighted by atomic mass is 10.2. The number of benzene rings is 1. The molecular formula is C14H14BrNO. The van der Waals surface area contributed by atoms with Crippen LogP contribution < -0.4 is 4.74 Å². The summed E-state index contributed by atoms with van der Waals surface area (Å²) in [5.41, 5.74) is 2.32. The van der Waals surface area contributed by atoms with Gasteiger partial charge in [-0.3, -0.25) is 0 Å². The van der Waals surface area contributed by atoms with Crippen LogP contribution in [0.3, 0.4) is 0 Å². The molecule has 1 aromatic heterocycles. The number of halogens is 1. The fourth-order valence-corrected chi connectivity index (χ4v) is 1.99. The zero-order valence-corrected chi connectivity index (χ0v) is 11.5. The number of aromatic nitrogens is 1. The first kappa shape index (κ1) is 12.1. The molecule has 0 aliphatic heterocycles. The molecule has 0 fully saturated rings. The van der Waals surface area contributed by atoms with Gasteiger partial charge in [-0.05, 0) is 53.0 Å². The van der Waals surface area contributed by atoms with Crippen molar-refractivity contribution in [3.63, 3.8) is 0 Å². The highest BCUT2D eigenvalue weighted by atomic mass is 79.9. The molecule has 0 unspecified atom stereocenters. The van der Waals surface area contributed by atoms with Gasteiger partial charge in [-0.1, -0.05) is 19.1 Å². The number of hydrogen-bond acceptors (Lipinski definition) is 2. The Bertz CT molecular complexity index is 508. The van der Waals surface area contributed by atoms with Crippen molar-refractivity contribution in [1.82, 2.24) is 4.98 Å². The Labute approximate surface area is 110 Å². The molecule has 0 saturated heterocycles. The van der Waals surface area contributed by atoms with E-state index in [0.29, 0.717) is 5.88 Å². The summed E-state index contributed by atoms with van der Waals surface area (Å²) in [5, 5.41) is 0. The first-order chi connectivity index (χ1) is 8.19. The fraction of sp³-hybridized carbons (Fsp3) is 0.214. The average molecular weight is 292 g/mol. The molecule has 0 aliphatic carbocycles. The summed E-state index contributed by atoms with van der Waals surface area (Å²) in [7, 11) is 0. The lowest BCUT2D eigenvalue weighted by Crippen LogP contribution is -1.91. The van der Waals surface area contributed by atoms with E-state index in [1.165, 1.54) is 5.56 Å². The van der Waals surface area contributed by atoms with Crippen LogP contribution >= 0.6 is 15.9 Å². The van der Waals surface area contributed by atoms with Crippen molar-refractivity contribution in [1.29, 1.82) is 0 Å². The molecule has 0 N–H and O–H groups in total. The molecule has 0 radical (unpaired) electrons. The zero-order chi connectivity index (χ0) is 12.3. The van der Waals surface area contributed by atoms with E-state index in [1.807, 2.05) is 25.1 Å². The van der Waals surface area contributed by atoms with E-state index in [0.717, 1.165) is 22.2 Å². The molecule has 0 saturated carbocycles. The summed E-state index contributed by atoms with van der Waals surface area (Å²) in [6.07, 6.45) is 2.78. The Hall–Kier alpha value is -1.35. The maximum atomic E-state index is 5.73. The van der Waals surface area contributed by atoms with Gasteiger partial charge in [0, 0.05) is 16.2 Å². The largest absolute Gasteiger partial charge is 0.439 e. The van der Waals surface area contributed by atoms with E-state index in [1.54, 1.807) is 6.20 Å². The van der Waals surface area contributed by atoms with E-state index in [-0.39, 0.29) is 0 Å². The number of rotatable bonds is 3. The minimum Gasteiger partial charge on any atom is -0.439 e. The van der Waals surface area contributed by atoms with Gasteiger partial charge in [0.05, 0.1) is 0 Å². The summed E-state index contributed by atoms with van der Waals surface area (Å²) >= 11 is 3.38. The van der Waals surface area contributed by atoms with Gasteiger partial charge in [0.2, 0.25) is 5.88 Å². The molecule has 2 aromatic rings. The first-order valence-corrected chi connectivity index (χ1v) is 6.37. The van der Waals surface area contributed by atoms with Gasteiger partial charge in [-0.15, -0.1) is 0 Å². The molecule has 0 atom stereocenters. The number of pyridine rings is 1. The summed E-state index contributed by atoms with van der Waals surface area (Å²) in [4.78, 5) is 4.25. The monoisotopic (exact) mass is 291 g/mol. The highest BCUT2D eigenvalue weighted by Gasteiger charge is 2.03. The number of aryl methyl sites for hydroxylation is 2. The molecule has 2 nitrogen and oxygen atoms in total. The Kier molecular flexibility index (Phi) is 3.79. The smallest absolute Gasteiger partial charge is 0.222 e. The normalized spacial score (nSPS) is 10.3. The molecule has 0 amide bonds. The molecule has 88 valence electrons. The molecule has 17 heavy (non-hydrogen) atoms. The van der Waals surface area contributed by atoms with E-state index in [9.17, 15) is 0 Å². The molecule has 1 aromatic carbocycles. The first-order valence-electron chi connectivity index (χ1n) is 5.58. The van der Waals surface area contributed by atoms with Gasteiger partial charge in [-0.25, -0.2) is 4.98 Å². The summed E-state index contributed by atoms with van der Waals surface area (Å²) in [6, 6.07) is 10.1. The van der Waals surface area contributed by atoms with Gasteiger partial charge in [0.15, 0.2) is 0 Å². The van der Waals surface area contributed by atoms with Crippen LogP contribution in [0.15, 0.2) is 41.0 Å². The van der Waals surface area contributed by atoms with Crippen LogP contribution in [0.2, 0.25) is 0 Å². The van der Waals surface area contributed by atoms with Crippen molar-refractivity contribution >= 4 is 15.9 Å². The van der Waals surface area contributed by atoms with Crippen molar-refractivity contribution in [2.45, 2.75) is 20.3 Å². The third kappa shape index (κ3) is 3.07. The van der Waals surface area contributed by atoms with Crippen LogP contribution in [0.25, 0.3) is 0 Å². The predicted molar refractivity (Wildman–Crippen MR) is 72.6 cm³/mol. The predicted octanol–water partition coefficient (Wildman–Crippen LogP) is 4.51. The van der Waals surface area contributed by atoms with Gasteiger partial charge < -0.3 is 4.74 Å². The van der Waals surface area contributed by atoms with Crippen LogP contribution in [0.4, 0.5) is 0 Å². The SMILES string of the molecule is CCc1ccc(Oc2ncc(Br)cc2C)cc1. The van der Waals surface area contributed by atoms with Crippen molar-refractivity contribution < 1.29 is 4.74 Å². The lowest BCUT2D eigenvalue weighted by Gasteiger charge is -2.08. The molecule has 0 bridgehead atoms. The Morgan fingerprint density at radius 3 is 2.53 bits per heavy atom. The maximum Gasteiger partial charge on any atom is 0.222 e. The summed E-state index contributed by atoms with van der Waals surface area (Å²) < 4.78 is 6.69. The molecule has 2 rings (SSSR count). The van der Waals surface area contributed by atoms with Crippen molar-refractivity contribution in [2.75, 3.05) is 0 Å².